The number of hydrogen-bond donors (Lipinski definition) is 2. The molecule has 0 aromatic heterocycles. The Morgan fingerprint density at radius 1 is 1.41 bits per heavy atom. The molecule has 0 saturated carbocycles. The SMILES string of the molecule is NS(=O)(=O)c1cc(F)cc(C(=O)N2CCC[C@@H]2C(=O)O)c1Br. The third kappa shape index (κ3) is 3.13. The van der Waals surface area contributed by atoms with Crippen LogP contribution in [0.25, 0.3) is 0 Å². The van der Waals surface area contributed by atoms with Crippen molar-refractivity contribution in [1.29, 1.82) is 0 Å². The van der Waals surface area contributed by atoms with Crippen LogP contribution in [0.15, 0.2) is 21.5 Å². The molecule has 1 fully saturated rings. The van der Waals surface area contributed by atoms with E-state index in [1.807, 2.05) is 0 Å². The van der Waals surface area contributed by atoms with Gasteiger partial charge in [0.05, 0.1) is 14.9 Å². The highest BCUT2D eigenvalue weighted by Gasteiger charge is 2.36. The highest BCUT2D eigenvalue weighted by atomic mass is 79.9. The molecule has 0 unspecified atom stereocenters. The Balaban J connectivity index is 2.51. The zero-order valence-electron chi connectivity index (χ0n) is 11.1. The lowest BCUT2D eigenvalue weighted by Crippen LogP contribution is -2.40. The molecule has 1 aliphatic rings. The number of halogens is 2. The third-order valence-electron chi connectivity index (χ3n) is 3.34. The molecule has 7 nitrogen and oxygen atoms in total. The minimum atomic E-state index is -4.24. The van der Waals surface area contributed by atoms with E-state index in [1.54, 1.807) is 0 Å². The third-order valence-corrected chi connectivity index (χ3v) is 5.39. The number of sulfonamides is 1. The topological polar surface area (TPSA) is 118 Å². The molecule has 1 aromatic carbocycles. The standard InChI is InChI=1S/C12H12BrFN2O5S/c13-10-7(4-6(14)5-9(10)22(15,20)21)11(17)16-3-1-2-8(16)12(18)19/h4-5,8H,1-3H2,(H,18,19)(H2,15,20,21)/t8-/m1/s1. The largest absolute Gasteiger partial charge is 0.480 e. The van der Waals surface area contributed by atoms with Gasteiger partial charge in [-0.15, -0.1) is 0 Å². The van der Waals surface area contributed by atoms with Crippen LogP contribution >= 0.6 is 15.9 Å². The summed E-state index contributed by atoms with van der Waals surface area (Å²) in [5.74, 6) is -2.88. The maximum atomic E-state index is 13.6. The zero-order chi connectivity index (χ0) is 16.7. The van der Waals surface area contributed by atoms with Gasteiger partial charge < -0.3 is 10.0 Å². The number of carbonyl (C=O) groups is 2. The van der Waals surface area contributed by atoms with Crippen LogP contribution in [-0.2, 0) is 14.8 Å². The number of carboxylic acids is 1. The van der Waals surface area contributed by atoms with Crippen molar-refractivity contribution in [1.82, 2.24) is 4.90 Å². The van der Waals surface area contributed by atoms with Crippen molar-refractivity contribution in [3.8, 4) is 0 Å². The number of carbonyl (C=O) groups excluding carboxylic acids is 1. The molecule has 22 heavy (non-hydrogen) atoms. The smallest absolute Gasteiger partial charge is 0.326 e. The Kier molecular flexibility index (Phi) is 4.54. The number of nitrogens with zero attached hydrogens (tertiary/aromatic N) is 1. The van der Waals surface area contributed by atoms with Gasteiger partial charge in [-0.2, -0.15) is 0 Å². The van der Waals surface area contributed by atoms with Crippen molar-refractivity contribution in [2.75, 3.05) is 6.54 Å². The van der Waals surface area contributed by atoms with Crippen molar-refractivity contribution in [2.24, 2.45) is 5.14 Å². The second-order valence-electron chi connectivity index (χ2n) is 4.81. The highest BCUT2D eigenvalue weighted by molar-refractivity contribution is 9.10. The summed E-state index contributed by atoms with van der Waals surface area (Å²) in [5, 5.41) is 14.1. The van der Waals surface area contributed by atoms with Gasteiger partial charge in [0.15, 0.2) is 0 Å². The number of carboxylic acid groups (broad SMARTS) is 1. The number of likely N-dealkylation sites (tertiary alicyclic amines) is 1. The molecule has 2 rings (SSSR count). The van der Waals surface area contributed by atoms with Crippen molar-refractivity contribution < 1.29 is 27.5 Å². The van der Waals surface area contributed by atoms with Crippen LogP contribution in [0.2, 0.25) is 0 Å². The number of nitrogens with two attached hydrogens (primary N) is 1. The Bertz CT molecular complexity index is 752. The number of amides is 1. The summed E-state index contributed by atoms with van der Waals surface area (Å²) in [6.07, 6.45) is 0.785. The minimum absolute atomic E-state index is 0.183. The van der Waals surface area contributed by atoms with Crippen molar-refractivity contribution in [3.05, 3.63) is 28.0 Å². The van der Waals surface area contributed by atoms with E-state index in [2.05, 4.69) is 15.9 Å². The van der Waals surface area contributed by atoms with Gasteiger partial charge in [-0.05, 0) is 40.9 Å². The van der Waals surface area contributed by atoms with Crippen molar-refractivity contribution in [3.63, 3.8) is 0 Å². The van der Waals surface area contributed by atoms with E-state index in [1.165, 1.54) is 0 Å². The molecular formula is C12H12BrFN2O5S. The van der Waals surface area contributed by atoms with E-state index in [4.69, 9.17) is 10.2 Å². The molecule has 0 aliphatic carbocycles. The highest BCUT2D eigenvalue weighted by Crippen LogP contribution is 2.29. The van der Waals surface area contributed by atoms with Crippen LogP contribution in [0.3, 0.4) is 0 Å². The van der Waals surface area contributed by atoms with Gasteiger partial charge in [-0.25, -0.2) is 22.7 Å². The van der Waals surface area contributed by atoms with Gasteiger partial charge in [-0.3, -0.25) is 4.79 Å². The summed E-state index contributed by atoms with van der Waals surface area (Å²) in [5.41, 5.74) is -0.280. The number of aliphatic carboxylic acids is 1. The molecule has 1 aliphatic heterocycles. The van der Waals surface area contributed by atoms with E-state index in [0.717, 1.165) is 11.0 Å². The first kappa shape index (κ1) is 16.8. The normalized spacial score (nSPS) is 18.5. The molecular weight excluding hydrogens is 383 g/mol. The molecule has 0 spiro atoms. The monoisotopic (exact) mass is 394 g/mol. The summed E-state index contributed by atoms with van der Waals surface area (Å²) in [4.78, 5) is 24.1. The van der Waals surface area contributed by atoms with Gasteiger partial charge in [0.25, 0.3) is 5.91 Å². The summed E-state index contributed by atoms with van der Waals surface area (Å²) >= 11 is 2.94. The molecule has 1 amide bonds. The van der Waals surface area contributed by atoms with Crippen LogP contribution in [-0.4, -0.2) is 42.9 Å². The Labute approximate surface area is 134 Å². The fourth-order valence-electron chi connectivity index (χ4n) is 2.35. The van der Waals surface area contributed by atoms with Crippen LogP contribution in [0.1, 0.15) is 23.2 Å². The van der Waals surface area contributed by atoms with E-state index >= 15 is 0 Å². The first-order valence-corrected chi connectivity index (χ1v) is 8.52. The zero-order valence-corrected chi connectivity index (χ0v) is 13.5. The molecule has 1 atom stereocenters. The average molecular weight is 395 g/mol. The second kappa shape index (κ2) is 5.94. The second-order valence-corrected chi connectivity index (χ2v) is 7.13. The molecule has 3 N–H and O–H groups in total. The summed E-state index contributed by atoms with van der Waals surface area (Å²) in [7, 11) is -4.24. The van der Waals surface area contributed by atoms with Gasteiger partial charge in [0, 0.05) is 6.54 Å². The minimum Gasteiger partial charge on any atom is -0.480 e. The van der Waals surface area contributed by atoms with Crippen LogP contribution in [0, 0.1) is 5.82 Å². The number of primary sulfonamides is 1. The first-order valence-electron chi connectivity index (χ1n) is 6.18. The number of rotatable bonds is 3. The van der Waals surface area contributed by atoms with E-state index < -0.39 is 38.7 Å². The van der Waals surface area contributed by atoms with Crippen LogP contribution in [0.5, 0.6) is 0 Å². The first-order chi connectivity index (χ1) is 10.1. The van der Waals surface area contributed by atoms with Crippen LogP contribution < -0.4 is 5.14 Å². The fourth-order valence-corrected chi connectivity index (χ4v) is 4.06. The molecule has 0 bridgehead atoms. The van der Waals surface area contributed by atoms with Gasteiger partial charge in [0.2, 0.25) is 10.0 Å². The molecule has 0 radical (unpaired) electrons. The lowest BCUT2D eigenvalue weighted by molar-refractivity contribution is -0.141. The lowest BCUT2D eigenvalue weighted by Gasteiger charge is -2.22. The molecule has 1 heterocycles. The van der Waals surface area contributed by atoms with Gasteiger partial charge in [-0.1, -0.05) is 0 Å². The predicted molar refractivity (Wildman–Crippen MR) is 77.2 cm³/mol. The van der Waals surface area contributed by atoms with Gasteiger partial charge >= 0.3 is 5.97 Å². The quantitative estimate of drug-likeness (QED) is 0.790. The maximum Gasteiger partial charge on any atom is 0.326 e. The molecule has 10 heteroatoms. The summed E-state index contributed by atoms with van der Waals surface area (Å²) in [6.45, 7) is 0.198. The van der Waals surface area contributed by atoms with Crippen molar-refractivity contribution in [2.45, 2.75) is 23.8 Å². The Hall–Kier alpha value is -1.52. The van der Waals surface area contributed by atoms with Crippen molar-refractivity contribution >= 4 is 37.8 Å². The molecule has 1 aromatic rings. The predicted octanol–water partition coefficient (Wildman–Crippen LogP) is 0.925. The Morgan fingerprint density at radius 3 is 2.59 bits per heavy atom. The number of hydrogen-bond acceptors (Lipinski definition) is 4. The summed E-state index contributed by atoms with van der Waals surface area (Å²) in [6, 6.07) is 0.522. The lowest BCUT2D eigenvalue weighted by atomic mass is 10.1. The Morgan fingerprint density at radius 2 is 2.05 bits per heavy atom. The molecule has 120 valence electrons. The maximum absolute atomic E-state index is 13.6. The number of benzene rings is 1. The summed E-state index contributed by atoms with van der Waals surface area (Å²) < 4.78 is 36.3. The average Bonchev–Trinajstić information content (AvgIpc) is 2.88. The van der Waals surface area contributed by atoms with E-state index in [9.17, 15) is 22.4 Å². The van der Waals surface area contributed by atoms with E-state index in [0.29, 0.717) is 12.5 Å². The molecule has 1 saturated heterocycles. The van der Waals surface area contributed by atoms with Crippen LogP contribution in [0.4, 0.5) is 4.39 Å². The fraction of sp³-hybridized carbons (Fsp3) is 0.333. The van der Waals surface area contributed by atoms with Gasteiger partial charge in [0.1, 0.15) is 11.9 Å². The van der Waals surface area contributed by atoms with E-state index in [-0.39, 0.29) is 23.0 Å².